The van der Waals surface area contributed by atoms with E-state index in [9.17, 15) is 29.7 Å². The van der Waals surface area contributed by atoms with Crippen LogP contribution in [0.4, 0.5) is 21.0 Å². The summed E-state index contributed by atoms with van der Waals surface area (Å²) in [4.78, 5) is 37.4. The van der Waals surface area contributed by atoms with Gasteiger partial charge >= 0.3 is 12.2 Å². The number of fused-ring (bicyclic) bond motifs is 2. The molecule has 1 heterocycles. The minimum absolute atomic E-state index is 0.00347. The zero-order valence-electron chi connectivity index (χ0n) is 27.6. The monoisotopic (exact) mass is 645 g/mol. The van der Waals surface area contributed by atoms with Crippen LogP contribution in [0.15, 0.2) is 47.1 Å². The van der Waals surface area contributed by atoms with E-state index in [4.69, 9.17) is 24.7 Å². The van der Waals surface area contributed by atoms with Gasteiger partial charge < -0.3 is 45.3 Å². The van der Waals surface area contributed by atoms with E-state index >= 15 is 0 Å². The average molecular weight is 646 g/mol. The predicted octanol–water partition coefficient (Wildman–Crippen LogP) is 4.99. The standard InChI is InChI=1S/C33H47N3O10/c1-17(2)16-45-33(42)36-27-22-12-18(3)13-26(44-8)28(38)20(5)14-21(6)30(46-32(34)41)25(43-7)11-9-10-19(4)31(40)35-23(29(22)39)15-24(27)37/h9-12,14-15,17,20,25-26,28,30,37-39H,13,16H2,1-8H3,(H2,34,41)(H,35,40)(H,36,42)/t20-,25-,26-,28+,30-/m0/s1. The molecular weight excluding hydrogens is 598 g/mol. The molecule has 13 heteroatoms. The molecular formula is C33H47N3O10. The first-order valence-electron chi connectivity index (χ1n) is 14.8. The maximum atomic E-state index is 13.1. The fourth-order valence-corrected chi connectivity index (χ4v) is 4.79. The third-order valence-electron chi connectivity index (χ3n) is 7.27. The fraction of sp³-hybridized carbons (Fsp3) is 0.485. The molecule has 0 radical (unpaired) electrons. The van der Waals surface area contributed by atoms with Crippen LogP contribution in [0.5, 0.6) is 11.5 Å². The van der Waals surface area contributed by atoms with E-state index in [1.165, 1.54) is 39.4 Å². The van der Waals surface area contributed by atoms with E-state index < -0.39 is 59.9 Å². The third-order valence-corrected chi connectivity index (χ3v) is 7.27. The van der Waals surface area contributed by atoms with Crippen LogP contribution in [-0.4, -0.2) is 78.7 Å². The number of benzene rings is 1. The van der Waals surface area contributed by atoms with Crippen molar-refractivity contribution in [2.45, 2.75) is 72.4 Å². The first-order chi connectivity index (χ1) is 21.6. The van der Waals surface area contributed by atoms with Gasteiger partial charge in [-0.25, -0.2) is 9.59 Å². The number of aliphatic hydroxyl groups excluding tert-OH is 1. The summed E-state index contributed by atoms with van der Waals surface area (Å²) in [7, 11) is 2.86. The van der Waals surface area contributed by atoms with Gasteiger partial charge in [0.15, 0.2) is 6.10 Å². The number of ether oxygens (including phenoxy) is 4. The molecule has 0 aliphatic carbocycles. The molecule has 0 saturated heterocycles. The fourth-order valence-electron chi connectivity index (χ4n) is 4.79. The van der Waals surface area contributed by atoms with E-state index in [2.05, 4.69) is 10.6 Å². The van der Waals surface area contributed by atoms with Crippen molar-refractivity contribution in [3.05, 3.63) is 52.7 Å². The van der Waals surface area contributed by atoms with Crippen molar-refractivity contribution < 1.29 is 48.7 Å². The summed E-state index contributed by atoms with van der Waals surface area (Å²) >= 11 is 0. The van der Waals surface area contributed by atoms with Crippen LogP contribution in [0.1, 0.15) is 53.5 Å². The smallest absolute Gasteiger partial charge is 0.411 e. The Labute approximate surface area is 269 Å². The number of allylic oxidation sites excluding steroid dienone is 2. The van der Waals surface area contributed by atoms with Crippen molar-refractivity contribution in [1.29, 1.82) is 0 Å². The molecule has 1 aromatic carbocycles. The molecule has 13 nitrogen and oxygen atoms in total. The Hall–Kier alpha value is -4.33. The second-order valence-corrected chi connectivity index (χ2v) is 11.7. The van der Waals surface area contributed by atoms with Gasteiger partial charge in [0.1, 0.15) is 17.6 Å². The molecule has 254 valence electrons. The average Bonchev–Trinajstić information content (AvgIpc) is 2.99. The molecule has 1 aliphatic heterocycles. The Morgan fingerprint density at radius 2 is 1.83 bits per heavy atom. The summed E-state index contributed by atoms with van der Waals surface area (Å²) < 4.78 is 21.7. The minimum Gasteiger partial charge on any atom is -0.506 e. The summed E-state index contributed by atoms with van der Waals surface area (Å²) in [6, 6.07) is 1.11. The number of rotatable bonds is 6. The van der Waals surface area contributed by atoms with Crippen molar-refractivity contribution in [3.8, 4) is 11.5 Å². The summed E-state index contributed by atoms with van der Waals surface area (Å²) in [6.45, 7) is 10.6. The molecule has 5 atom stereocenters. The number of anilines is 2. The SMILES string of the molecule is CO[C@H]1C=CC=C(C)C(=O)Nc2cc(O)c(NC(=O)OCC(C)C)c(c2O)C=C(C)C[C@H](OC)[C@H](O)[C@@H](C)C=C(C)[C@@H]1OC(N)=O. The van der Waals surface area contributed by atoms with Crippen molar-refractivity contribution in [1.82, 2.24) is 0 Å². The van der Waals surface area contributed by atoms with Crippen LogP contribution >= 0.6 is 0 Å². The number of methoxy groups -OCH3 is 2. The van der Waals surface area contributed by atoms with Gasteiger partial charge in [-0.3, -0.25) is 10.1 Å². The Balaban J connectivity index is 2.73. The predicted molar refractivity (Wildman–Crippen MR) is 174 cm³/mol. The van der Waals surface area contributed by atoms with Crippen molar-refractivity contribution in [2.75, 3.05) is 31.5 Å². The maximum Gasteiger partial charge on any atom is 0.411 e. The Bertz CT molecular complexity index is 1380. The number of carbonyl (C=O) groups is 3. The molecule has 0 aromatic heterocycles. The van der Waals surface area contributed by atoms with Gasteiger partial charge in [0.2, 0.25) is 0 Å². The molecule has 1 aliphatic rings. The highest BCUT2D eigenvalue weighted by atomic mass is 16.6. The molecule has 3 amide bonds. The molecule has 0 saturated carbocycles. The number of amides is 3. The zero-order valence-corrected chi connectivity index (χ0v) is 27.6. The van der Waals surface area contributed by atoms with Gasteiger partial charge in [0.25, 0.3) is 5.91 Å². The molecule has 0 fully saturated rings. The number of hydrogen-bond donors (Lipinski definition) is 6. The van der Waals surface area contributed by atoms with Gasteiger partial charge in [-0.15, -0.1) is 0 Å². The number of carbonyl (C=O) groups excluding carboxylic acids is 3. The highest BCUT2D eigenvalue weighted by molar-refractivity contribution is 6.06. The number of aliphatic hydroxyl groups is 1. The Morgan fingerprint density at radius 3 is 2.41 bits per heavy atom. The number of hydrogen-bond acceptors (Lipinski definition) is 10. The van der Waals surface area contributed by atoms with E-state index in [0.29, 0.717) is 11.1 Å². The van der Waals surface area contributed by atoms with Gasteiger partial charge in [-0.2, -0.15) is 0 Å². The lowest BCUT2D eigenvalue weighted by Crippen LogP contribution is -2.36. The molecule has 1 aromatic rings. The lowest BCUT2D eigenvalue weighted by molar-refractivity contribution is -0.112. The Kier molecular flexibility index (Phi) is 14.3. The topological polar surface area (TPSA) is 199 Å². The molecule has 46 heavy (non-hydrogen) atoms. The summed E-state index contributed by atoms with van der Waals surface area (Å²) in [5.41, 5.74) is 6.43. The number of nitrogens with two attached hydrogens (primary N) is 1. The molecule has 0 spiro atoms. The lowest BCUT2D eigenvalue weighted by Gasteiger charge is -2.28. The molecule has 0 unspecified atom stereocenters. The second kappa shape index (κ2) is 17.4. The number of phenols is 2. The van der Waals surface area contributed by atoms with Gasteiger partial charge in [0, 0.05) is 37.3 Å². The van der Waals surface area contributed by atoms with Gasteiger partial charge in [-0.05, 0) is 44.8 Å². The summed E-state index contributed by atoms with van der Waals surface area (Å²) in [6.07, 6.45) is 2.57. The van der Waals surface area contributed by atoms with Crippen LogP contribution in [-0.2, 0) is 23.7 Å². The second-order valence-electron chi connectivity index (χ2n) is 11.7. The maximum absolute atomic E-state index is 13.1. The van der Waals surface area contributed by atoms with Gasteiger partial charge in [0.05, 0.1) is 30.2 Å². The van der Waals surface area contributed by atoms with Crippen LogP contribution in [0, 0.1) is 11.8 Å². The summed E-state index contributed by atoms with van der Waals surface area (Å²) in [5.74, 6) is -1.92. The Morgan fingerprint density at radius 1 is 1.15 bits per heavy atom. The van der Waals surface area contributed by atoms with Crippen LogP contribution < -0.4 is 16.4 Å². The minimum atomic E-state index is -1.04. The van der Waals surface area contributed by atoms with E-state index in [1.54, 1.807) is 32.9 Å². The number of aromatic hydroxyl groups is 2. The lowest BCUT2D eigenvalue weighted by atomic mass is 9.91. The van der Waals surface area contributed by atoms with Crippen molar-refractivity contribution in [3.63, 3.8) is 0 Å². The largest absolute Gasteiger partial charge is 0.506 e. The number of nitrogens with one attached hydrogen (secondary N) is 2. The number of phenolic OH excluding ortho intramolecular Hbond substituents is 2. The third kappa shape index (κ3) is 10.6. The van der Waals surface area contributed by atoms with Crippen LogP contribution in [0.25, 0.3) is 6.08 Å². The van der Waals surface area contributed by atoms with E-state index in [-0.39, 0.29) is 41.5 Å². The first-order valence-corrected chi connectivity index (χ1v) is 14.8. The van der Waals surface area contributed by atoms with E-state index in [0.717, 1.165) is 6.07 Å². The normalized spacial score (nSPS) is 23.1. The molecule has 7 N–H and O–H groups in total. The highest BCUT2D eigenvalue weighted by Crippen LogP contribution is 2.42. The van der Waals surface area contributed by atoms with Gasteiger partial charge in [-0.1, -0.05) is 50.6 Å². The van der Waals surface area contributed by atoms with E-state index in [1.807, 2.05) is 13.8 Å². The molecule has 2 bridgehead atoms. The quantitative estimate of drug-likeness (QED) is 0.139. The zero-order chi connectivity index (χ0) is 34.7. The van der Waals surface area contributed by atoms with Crippen LogP contribution in [0.2, 0.25) is 0 Å². The molecule has 2 rings (SSSR count). The first kappa shape index (κ1) is 37.9. The van der Waals surface area contributed by atoms with Crippen molar-refractivity contribution >= 4 is 35.5 Å². The van der Waals surface area contributed by atoms with Crippen LogP contribution in [0.3, 0.4) is 0 Å². The highest BCUT2D eigenvalue weighted by Gasteiger charge is 2.29. The summed E-state index contributed by atoms with van der Waals surface area (Å²) in [5, 5.41) is 38.6. The van der Waals surface area contributed by atoms with Crippen molar-refractivity contribution in [2.24, 2.45) is 17.6 Å². The number of primary amides is 1.